The number of benzene rings is 3. The van der Waals surface area contributed by atoms with Crippen molar-refractivity contribution >= 4 is 17.6 Å². The molecule has 1 heterocycles. The molecule has 0 radical (unpaired) electrons. The molecular formula is C29H32N2O3. The number of carbonyl (C=O) groups excluding carboxylic acids is 1. The van der Waals surface area contributed by atoms with Crippen LogP contribution < -0.4 is 10.2 Å². The minimum Gasteiger partial charge on any atom is -0.480 e. The molecule has 4 rings (SSSR count). The van der Waals surface area contributed by atoms with Crippen molar-refractivity contribution in [2.75, 3.05) is 4.90 Å². The van der Waals surface area contributed by atoms with Crippen LogP contribution in [0.25, 0.3) is 0 Å². The number of anilines is 1. The highest BCUT2D eigenvalue weighted by molar-refractivity contribution is 5.99. The highest BCUT2D eigenvalue weighted by Crippen LogP contribution is 2.29. The van der Waals surface area contributed by atoms with Crippen molar-refractivity contribution in [2.24, 2.45) is 0 Å². The van der Waals surface area contributed by atoms with E-state index in [2.05, 4.69) is 49.5 Å². The van der Waals surface area contributed by atoms with Gasteiger partial charge in [0.2, 0.25) is 5.91 Å². The van der Waals surface area contributed by atoms with Crippen LogP contribution in [0.2, 0.25) is 0 Å². The van der Waals surface area contributed by atoms with Crippen molar-refractivity contribution in [2.45, 2.75) is 57.7 Å². The lowest BCUT2D eigenvalue weighted by molar-refractivity contribution is -0.139. The topological polar surface area (TPSA) is 69.6 Å². The van der Waals surface area contributed by atoms with Gasteiger partial charge in [0.25, 0.3) is 0 Å². The maximum absolute atomic E-state index is 13.8. The molecule has 0 aromatic heterocycles. The molecule has 3 aromatic rings. The number of amides is 1. The average Bonchev–Trinajstić information content (AvgIpc) is 2.97. The molecule has 0 saturated heterocycles. The van der Waals surface area contributed by atoms with Crippen LogP contribution in [-0.2, 0) is 29.0 Å². The Morgan fingerprint density at radius 1 is 0.971 bits per heavy atom. The molecular weight excluding hydrogens is 424 g/mol. The molecule has 2 atom stereocenters. The summed E-state index contributed by atoms with van der Waals surface area (Å²) in [4.78, 5) is 27.6. The minimum atomic E-state index is -0.950. The number of nitrogens with one attached hydrogen (secondary N) is 1. The number of aryl methyl sites for hydroxylation is 1. The van der Waals surface area contributed by atoms with Crippen LogP contribution in [-0.4, -0.2) is 29.1 Å². The summed E-state index contributed by atoms with van der Waals surface area (Å²) >= 11 is 0. The van der Waals surface area contributed by atoms with Gasteiger partial charge in [-0.3, -0.25) is 14.9 Å². The summed E-state index contributed by atoms with van der Waals surface area (Å²) in [5, 5.41) is 13.1. The normalized spacial score (nSPS) is 16.7. The van der Waals surface area contributed by atoms with E-state index in [1.54, 1.807) is 0 Å². The lowest BCUT2D eigenvalue weighted by Gasteiger charge is -2.28. The Bertz CT molecular complexity index is 1130. The minimum absolute atomic E-state index is 0.0859. The molecule has 0 fully saturated rings. The van der Waals surface area contributed by atoms with Crippen molar-refractivity contribution in [3.05, 3.63) is 101 Å². The molecule has 1 amide bonds. The summed E-state index contributed by atoms with van der Waals surface area (Å²) in [6, 6.07) is 24.5. The highest BCUT2D eigenvalue weighted by Gasteiger charge is 2.33. The smallest absolute Gasteiger partial charge is 0.321 e. The molecule has 0 saturated carbocycles. The molecule has 5 heteroatoms. The van der Waals surface area contributed by atoms with Crippen LogP contribution >= 0.6 is 0 Å². The predicted molar refractivity (Wildman–Crippen MR) is 135 cm³/mol. The largest absolute Gasteiger partial charge is 0.480 e. The van der Waals surface area contributed by atoms with Crippen molar-refractivity contribution < 1.29 is 14.7 Å². The van der Waals surface area contributed by atoms with Crippen LogP contribution in [0.4, 0.5) is 5.69 Å². The van der Waals surface area contributed by atoms with Gasteiger partial charge in [0.05, 0.1) is 12.6 Å². The Hall–Kier alpha value is -3.44. The molecule has 1 aliphatic heterocycles. The third kappa shape index (κ3) is 5.54. The second kappa shape index (κ2) is 10.7. The molecule has 0 aliphatic carbocycles. The monoisotopic (exact) mass is 456 g/mol. The Balaban J connectivity index is 1.59. The van der Waals surface area contributed by atoms with Crippen molar-refractivity contribution in [3.63, 3.8) is 0 Å². The number of para-hydroxylation sites is 1. The quantitative estimate of drug-likeness (QED) is 0.504. The number of hydrogen-bond donors (Lipinski definition) is 2. The number of carboxylic acids is 1. The van der Waals surface area contributed by atoms with Crippen molar-refractivity contribution in [1.29, 1.82) is 0 Å². The van der Waals surface area contributed by atoms with E-state index in [0.29, 0.717) is 31.7 Å². The van der Waals surface area contributed by atoms with Gasteiger partial charge in [-0.05, 0) is 53.5 Å². The molecule has 5 nitrogen and oxygen atoms in total. The second-order valence-electron chi connectivity index (χ2n) is 9.29. The van der Waals surface area contributed by atoms with Gasteiger partial charge in [0.1, 0.15) is 6.04 Å². The number of rotatable bonds is 8. The van der Waals surface area contributed by atoms with Gasteiger partial charge in [-0.1, -0.05) is 86.6 Å². The van der Waals surface area contributed by atoms with Gasteiger partial charge in [0, 0.05) is 5.69 Å². The number of fused-ring (bicyclic) bond motifs is 1. The van der Waals surface area contributed by atoms with Crippen LogP contribution in [0, 0.1) is 0 Å². The molecule has 34 heavy (non-hydrogen) atoms. The maximum Gasteiger partial charge on any atom is 0.321 e. The summed E-state index contributed by atoms with van der Waals surface area (Å²) in [5.41, 5.74) is 5.24. The van der Waals surface area contributed by atoms with E-state index >= 15 is 0 Å². The number of carbonyl (C=O) groups is 2. The Kier molecular flexibility index (Phi) is 7.43. The maximum atomic E-state index is 13.8. The van der Waals surface area contributed by atoms with Crippen molar-refractivity contribution in [3.8, 4) is 0 Å². The zero-order valence-electron chi connectivity index (χ0n) is 19.8. The first-order valence-electron chi connectivity index (χ1n) is 11.9. The fourth-order valence-corrected chi connectivity index (χ4v) is 4.53. The molecule has 0 bridgehead atoms. The van der Waals surface area contributed by atoms with Gasteiger partial charge >= 0.3 is 5.97 Å². The van der Waals surface area contributed by atoms with Gasteiger partial charge in [-0.25, -0.2) is 0 Å². The summed E-state index contributed by atoms with van der Waals surface area (Å²) in [6.07, 6.45) is 1.58. The average molecular weight is 457 g/mol. The Morgan fingerprint density at radius 3 is 2.32 bits per heavy atom. The van der Waals surface area contributed by atoms with E-state index in [4.69, 9.17) is 0 Å². The third-order valence-electron chi connectivity index (χ3n) is 6.52. The standard InChI is InChI=1S/C29H32N2O3/c1-20(2)23-14-12-22(13-15-23)19-31-27-11-7-6-10-24(27)16-17-25(28(31)32)30-26(29(33)34)18-21-8-4-3-5-9-21/h3-15,20,25-26,30H,16-19H2,1-2H3,(H,33,34)/t25-,26+/m1/s1. The van der Waals surface area contributed by atoms with Gasteiger partial charge < -0.3 is 10.0 Å². The lowest BCUT2D eigenvalue weighted by atomic mass is 10.0. The van der Waals surface area contributed by atoms with Gasteiger partial charge in [0.15, 0.2) is 0 Å². The Labute approximate surface area is 201 Å². The van der Waals surface area contributed by atoms with E-state index in [1.165, 1.54) is 5.56 Å². The van der Waals surface area contributed by atoms with Gasteiger partial charge in [-0.2, -0.15) is 0 Å². The third-order valence-corrected chi connectivity index (χ3v) is 6.52. The first-order valence-corrected chi connectivity index (χ1v) is 11.9. The lowest BCUT2D eigenvalue weighted by Crippen LogP contribution is -2.52. The summed E-state index contributed by atoms with van der Waals surface area (Å²) in [5.74, 6) is -0.591. The molecule has 2 N–H and O–H groups in total. The van der Waals surface area contributed by atoms with Crippen molar-refractivity contribution in [1.82, 2.24) is 5.32 Å². The first kappa shape index (κ1) is 23.7. The summed E-state index contributed by atoms with van der Waals surface area (Å²) in [7, 11) is 0. The van der Waals surface area contributed by atoms with Crippen LogP contribution in [0.3, 0.4) is 0 Å². The van der Waals surface area contributed by atoms with E-state index in [-0.39, 0.29) is 5.91 Å². The highest BCUT2D eigenvalue weighted by atomic mass is 16.4. The zero-order chi connectivity index (χ0) is 24.1. The van der Waals surface area contributed by atoms with Crippen LogP contribution in [0.5, 0.6) is 0 Å². The molecule has 1 aliphatic rings. The van der Waals surface area contributed by atoms with Crippen LogP contribution in [0.1, 0.15) is 48.4 Å². The van der Waals surface area contributed by atoms with Gasteiger partial charge in [-0.15, -0.1) is 0 Å². The SMILES string of the molecule is CC(C)c1ccc(CN2C(=O)[C@H](N[C@@H](Cc3ccccc3)C(=O)O)CCc3ccccc32)cc1. The van der Waals surface area contributed by atoms with Crippen LogP contribution in [0.15, 0.2) is 78.9 Å². The molecule has 3 aromatic carbocycles. The second-order valence-corrected chi connectivity index (χ2v) is 9.29. The molecule has 0 spiro atoms. The van der Waals surface area contributed by atoms with E-state index in [0.717, 1.165) is 22.4 Å². The Morgan fingerprint density at radius 2 is 1.65 bits per heavy atom. The summed E-state index contributed by atoms with van der Waals surface area (Å²) in [6.45, 7) is 4.77. The van der Waals surface area contributed by atoms with E-state index in [9.17, 15) is 14.7 Å². The molecule has 176 valence electrons. The number of nitrogens with zero attached hydrogens (tertiary/aromatic N) is 1. The number of carboxylic acid groups (broad SMARTS) is 1. The van der Waals surface area contributed by atoms with E-state index < -0.39 is 18.1 Å². The fraction of sp³-hybridized carbons (Fsp3) is 0.310. The predicted octanol–water partition coefficient (Wildman–Crippen LogP) is 4.94. The number of aliphatic carboxylic acids is 1. The first-order chi connectivity index (χ1) is 16.4. The number of hydrogen-bond acceptors (Lipinski definition) is 3. The van der Waals surface area contributed by atoms with E-state index in [1.807, 2.05) is 53.4 Å². The fourth-order valence-electron chi connectivity index (χ4n) is 4.53. The summed E-state index contributed by atoms with van der Waals surface area (Å²) < 4.78 is 0. The molecule has 0 unspecified atom stereocenters. The zero-order valence-corrected chi connectivity index (χ0v) is 19.8.